The zero-order valence-corrected chi connectivity index (χ0v) is 19.3. The summed E-state index contributed by atoms with van der Waals surface area (Å²) >= 11 is 4.53. The predicted molar refractivity (Wildman–Crippen MR) is 128 cm³/mol. The van der Waals surface area contributed by atoms with Gasteiger partial charge in [0.05, 0.1) is 0 Å². The summed E-state index contributed by atoms with van der Waals surface area (Å²) in [6.45, 7) is 19.9. The van der Waals surface area contributed by atoms with Crippen molar-refractivity contribution in [2.24, 2.45) is 0 Å². The SMILES string of the molecule is C=C(/C=C/C=C(/C)C(C)(C)c1cc(S)ccc1C)C(C)(C)c1ccccc1C. The molecule has 0 N–H and O–H groups in total. The Morgan fingerprint density at radius 3 is 2.14 bits per heavy atom. The molecule has 0 aromatic heterocycles. The van der Waals surface area contributed by atoms with E-state index >= 15 is 0 Å². The first-order valence-corrected chi connectivity index (χ1v) is 10.3. The summed E-state index contributed by atoms with van der Waals surface area (Å²) in [7, 11) is 0. The minimum atomic E-state index is -0.101. The highest BCUT2D eigenvalue weighted by molar-refractivity contribution is 7.80. The molecule has 2 aromatic rings. The molecule has 0 amide bonds. The highest BCUT2D eigenvalue weighted by Crippen LogP contribution is 2.35. The van der Waals surface area contributed by atoms with E-state index in [9.17, 15) is 0 Å². The molecule has 0 aliphatic carbocycles. The van der Waals surface area contributed by atoms with Crippen LogP contribution in [0.2, 0.25) is 0 Å². The van der Waals surface area contributed by atoms with Crippen LogP contribution in [-0.2, 0) is 10.8 Å². The van der Waals surface area contributed by atoms with Gasteiger partial charge >= 0.3 is 0 Å². The fourth-order valence-electron chi connectivity index (χ4n) is 3.67. The largest absolute Gasteiger partial charge is 0.143 e. The molecule has 0 aliphatic rings. The minimum absolute atomic E-state index is 0.0555. The van der Waals surface area contributed by atoms with Gasteiger partial charge in [-0.25, -0.2) is 0 Å². The number of allylic oxidation sites excluding steroid dienone is 5. The first-order valence-electron chi connectivity index (χ1n) is 9.89. The molecule has 28 heavy (non-hydrogen) atoms. The average Bonchev–Trinajstić information content (AvgIpc) is 2.63. The van der Waals surface area contributed by atoms with Crippen molar-refractivity contribution in [1.82, 2.24) is 0 Å². The van der Waals surface area contributed by atoms with E-state index < -0.39 is 0 Å². The van der Waals surface area contributed by atoms with Gasteiger partial charge in [-0.1, -0.05) is 88.4 Å². The first-order chi connectivity index (χ1) is 13.0. The molecule has 0 saturated heterocycles. The second-order valence-electron chi connectivity index (χ2n) is 8.80. The molecule has 0 saturated carbocycles. The topological polar surface area (TPSA) is 0 Å². The van der Waals surface area contributed by atoms with E-state index in [1.807, 2.05) is 0 Å². The normalized spacial score (nSPS) is 13.2. The minimum Gasteiger partial charge on any atom is -0.143 e. The molecule has 0 atom stereocenters. The Bertz CT molecular complexity index is 923. The number of hydrogen-bond donors (Lipinski definition) is 1. The molecule has 0 radical (unpaired) electrons. The molecule has 2 rings (SSSR count). The molecule has 0 nitrogen and oxygen atoms in total. The molecule has 0 unspecified atom stereocenters. The van der Waals surface area contributed by atoms with Crippen LogP contribution in [-0.4, -0.2) is 0 Å². The van der Waals surface area contributed by atoms with Crippen LogP contribution in [0.15, 0.2) is 83.3 Å². The monoisotopic (exact) mass is 390 g/mol. The highest BCUT2D eigenvalue weighted by Gasteiger charge is 2.25. The summed E-state index contributed by atoms with van der Waals surface area (Å²) in [6.07, 6.45) is 6.50. The van der Waals surface area contributed by atoms with E-state index in [0.29, 0.717) is 0 Å². The van der Waals surface area contributed by atoms with Crippen molar-refractivity contribution in [3.63, 3.8) is 0 Å². The average molecular weight is 391 g/mol. The Morgan fingerprint density at radius 2 is 1.50 bits per heavy atom. The first kappa shape index (κ1) is 22.3. The molecule has 148 valence electrons. The van der Waals surface area contributed by atoms with Crippen molar-refractivity contribution in [1.29, 1.82) is 0 Å². The van der Waals surface area contributed by atoms with Crippen LogP contribution in [0.4, 0.5) is 0 Å². The number of thiol groups is 1. The third-order valence-electron chi connectivity index (χ3n) is 6.15. The van der Waals surface area contributed by atoms with Gasteiger partial charge in [-0.3, -0.25) is 0 Å². The van der Waals surface area contributed by atoms with E-state index in [0.717, 1.165) is 10.5 Å². The van der Waals surface area contributed by atoms with Gasteiger partial charge in [-0.05, 0) is 60.7 Å². The Kier molecular flexibility index (Phi) is 6.83. The summed E-state index contributed by atoms with van der Waals surface area (Å²) in [5, 5.41) is 0. The quantitative estimate of drug-likeness (QED) is 0.376. The fourth-order valence-corrected chi connectivity index (χ4v) is 3.87. The standard InChI is InChI=1S/C27H34S/c1-19-12-9-10-15-24(19)26(5,6)21(3)13-11-14-22(4)27(7,8)25-18-23(28)17-16-20(25)2/h9-18,28H,3H2,1-2,4-8H3/b13-11+,22-14-. The maximum atomic E-state index is 4.53. The molecule has 1 heteroatoms. The molecule has 0 fully saturated rings. The molecular formula is C27H34S. The zero-order valence-electron chi connectivity index (χ0n) is 18.4. The summed E-state index contributed by atoms with van der Waals surface area (Å²) in [5.41, 5.74) is 7.51. The smallest absolute Gasteiger partial charge is 0.0143 e. The molecule has 0 aliphatic heterocycles. The number of benzene rings is 2. The number of rotatable bonds is 6. The number of aryl methyl sites for hydroxylation is 2. The van der Waals surface area contributed by atoms with Gasteiger partial charge in [0.25, 0.3) is 0 Å². The second kappa shape index (κ2) is 8.57. The zero-order chi connectivity index (χ0) is 21.1. The van der Waals surface area contributed by atoms with E-state index in [4.69, 9.17) is 0 Å². The van der Waals surface area contributed by atoms with Gasteiger partial charge in [0.2, 0.25) is 0 Å². The molecule has 0 heterocycles. The third kappa shape index (κ3) is 4.70. The predicted octanol–water partition coefficient (Wildman–Crippen LogP) is 7.91. The van der Waals surface area contributed by atoms with Gasteiger partial charge in [-0.2, -0.15) is 0 Å². The van der Waals surface area contributed by atoms with E-state index in [1.54, 1.807) is 0 Å². The molecular weight excluding hydrogens is 356 g/mol. The number of hydrogen-bond acceptors (Lipinski definition) is 1. The van der Waals surface area contributed by atoms with Crippen LogP contribution in [0, 0.1) is 13.8 Å². The van der Waals surface area contributed by atoms with Crippen LogP contribution in [0.5, 0.6) is 0 Å². The van der Waals surface area contributed by atoms with E-state index in [1.165, 1.54) is 27.8 Å². The van der Waals surface area contributed by atoms with E-state index in [2.05, 4.69) is 128 Å². The lowest BCUT2D eigenvalue weighted by molar-refractivity contribution is 0.617. The lowest BCUT2D eigenvalue weighted by Gasteiger charge is -2.29. The Balaban J connectivity index is 2.26. The van der Waals surface area contributed by atoms with Crippen LogP contribution >= 0.6 is 12.6 Å². The van der Waals surface area contributed by atoms with E-state index in [-0.39, 0.29) is 10.8 Å². The summed E-state index contributed by atoms with van der Waals surface area (Å²) in [4.78, 5) is 1.00. The summed E-state index contributed by atoms with van der Waals surface area (Å²) in [5.74, 6) is 0. The maximum Gasteiger partial charge on any atom is 0.0143 e. The molecule has 0 spiro atoms. The summed E-state index contributed by atoms with van der Waals surface area (Å²) < 4.78 is 0. The summed E-state index contributed by atoms with van der Waals surface area (Å²) in [6, 6.07) is 14.9. The van der Waals surface area contributed by atoms with Gasteiger partial charge in [0.1, 0.15) is 0 Å². The lowest BCUT2D eigenvalue weighted by atomic mass is 9.75. The van der Waals surface area contributed by atoms with Crippen LogP contribution in [0.1, 0.15) is 56.9 Å². The maximum absolute atomic E-state index is 4.53. The van der Waals surface area contributed by atoms with Gasteiger partial charge in [0, 0.05) is 15.7 Å². The van der Waals surface area contributed by atoms with Crippen molar-refractivity contribution in [3.05, 3.63) is 101 Å². The highest BCUT2D eigenvalue weighted by atomic mass is 32.1. The van der Waals surface area contributed by atoms with Crippen molar-refractivity contribution in [3.8, 4) is 0 Å². The van der Waals surface area contributed by atoms with Crippen molar-refractivity contribution in [2.75, 3.05) is 0 Å². The van der Waals surface area contributed by atoms with Crippen molar-refractivity contribution < 1.29 is 0 Å². The van der Waals surface area contributed by atoms with Gasteiger partial charge < -0.3 is 0 Å². The third-order valence-corrected chi connectivity index (χ3v) is 6.42. The second-order valence-corrected chi connectivity index (χ2v) is 9.31. The van der Waals surface area contributed by atoms with Crippen molar-refractivity contribution in [2.45, 2.75) is 64.2 Å². The fraction of sp³-hybridized carbons (Fsp3) is 0.333. The van der Waals surface area contributed by atoms with Crippen LogP contribution in [0.3, 0.4) is 0 Å². The van der Waals surface area contributed by atoms with Gasteiger partial charge in [0.15, 0.2) is 0 Å². The van der Waals surface area contributed by atoms with Gasteiger partial charge in [-0.15, -0.1) is 12.6 Å². The Labute approximate surface area is 177 Å². The molecule has 2 aromatic carbocycles. The Morgan fingerprint density at radius 1 is 0.893 bits per heavy atom. The van der Waals surface area contributed by atoms with Crippen molar-refractivity contribution >= 4 is 12.6 Å². The lowest BCUT2D eigenvalue weighted by Crippen LogP contribution is -2.20. The molecule has 0 bridgehead atoms. The Hall–Kier alpha value is -1.99. The van der Waals surface area contributed by atoms with Crippen LogP contribution < -0.4 is 0 Å². The van der Waals surface area contributed by atoms with Crippen LogP contribution in [0.25, 0.3) is 0 Å².